The van der Waals surface area contributed by atoms with Gasteiger partial charge in [0.25, 0.3) is 0 Å². The largest absolute Gasteiger partial charge is 0.405 e. The van der Waals surface area contributed by atoms with Crippen LogP contribution in [0.2, 0.25) is 0 Å². The van der Waals surface area contributed by atoms with E-state index in [9.17, 15) is 18.0 Å². The molecule has 10 heteroatoms. The Balaban J connectivity index is 0.00000324. The van der Waals surface area contributed by atoms with Crippen LogP contribution in [-0.2, 0) is 17.1 Å². The molecule has 177 valence electrons. The summed E-state index contributed by atoms with van der Waals surface area (Å²) in [6.45, 7) is 2.63. The average Bonchev–Trinajstić information content (AvgIpc) is 3.21. The van der Waals surface area contributed by atoms with Crippen LogP contribution >= 0.6 is 0 Å². The number of carbonyl (C=O) groups excluding carboxylic acids is 1. The van der Waals surface area contributed by atoms with Crippen molar-refractivity contribution in [2.24, 2.45) is 0 Å². The molecule has 1 aromatic carbocycles. The van der Waals surface area contributed by atoms with E-state index in [4.69, 9.17) is 0 Å². The first-order valence-electron chi connectivity index (χ1n) is 10.2. The zero-order valence-corrected chi connectivity index (χ0v) is 19.5. The summed E-state index contributed by atoms with van der Waals surface area (Å²) in [5, 5.41) is 4.21. The Morgan fingerprint density at radius 2 is 1.79 bits per heavy atom. The summed E-state index contributed by atoms with van der Waals surface area (Å²) in [4.78, 5) is 20.7. The van der Waals surface area contributed by atoms with Crippen LogP contribution < -0.4 is 10.6 Å². The molecule has 0 atom stereocenters. The number of benzene rings is 1. The Labute approximate surface area is 205 Å². The molecule has 0 aliphatic carbocycles. The smallest absolute Gasteiger partial charge is 0.329 e. The SMILES string of the molecule is C[C-](C)c1ccc(-c2ccn3c(-c4cccc(NC(=O)NCC(F)(F)F)c4)cnc3c2)cn1.[Mn]. The number of pyridine rings is 2. The number of amides is 2. The minimum Gasteiger partial charge on any atom is -0.329 e. The standard InChI is InChI=1S/C24H21F3N5O.Mn/c1-15(2)20-7-6-18(12-28-20)16-8-9-32-21(13-29-22(32)11-16)17-4-3-5-19(10-17)31-23(33)30-14-24(25,26)27;/h3-13H,14H2,1-2H3,(H2,30,31,33);/q-1;. The molecule has 34 heavy (non-hydrogen) atoms. The number of carbonyl (C=O) groups is 1. The number of alkyl halides is 3. The molecule has 3 heterocycles. The minimum absolute atomic E-state index is 0. The second-order valence-electron chi connectivity index (χ2n) is 7.72. The van der Waals surface area contributed by atoms with Crippen LogP contribution in [0.5, 0.6) is 0 Å². The fourth-order valence-electron chi connectivity index (χ4n) is 3.35. The van der Waals surface area contributed by atoms with E-state index in [2.05, 4.69) is 15.3 Å². The quantitative estimate of drug-likeness (QED) is 0.269. The molecule has 0 spiro atoms. The molecule has 2 N–H and O–H groups in total. The fraction of sp³-hybridized carbons (Fsp3) is 0.167. The van der Waals surface area contributed by atoms with Crippen LogP contribution in [0.1, 0.15) is 19.5 Å². The molecule has 3 aromatic heterocycles. The van der Waals surface area contributed by atoms with E-state index in [0.717, 1.165) is 39.6 Å². The molecule has 0 aliphatic rings. The first-order valence-corrected chi connectivity index (χ1v) is 10.2. The number of imidazole rings is 1. The van der Waals surface area contributed by atoms with Gasteiger partial charge in [0.15, 0.2) is 0 Å². The van der Waals surface area contributed by atoms with Crippen molar-refractivity contribution < 1.29 is 35.0 Å². The van der Waals surface area contributed by atoms with Gasteiger partial charge in [0.2, 0.25) is 0 Å². The molecule has 4 aromatic rings. The molecule has 0 aliphatic heterocycles. The van der Waals surface area contributed by atoms with Crippen LogP contribution in [0, 0.1) is 5.92 Å². The molecule has 0 bridgehead atoms. The van der Waals surface area contributed by atoms with Crippen molar-refractivity contribution in [2.75, 3.05) is 11.9 Å². The maximum absolute atomic E-state index is 12.3. The van der Waals surface area contributed by atoms with E-state index in [1.807, 2.05) is 61.0 Å². The maximum atomic E-state index is 12.3. The van der Waals surface area contributed by atoms with Crippen molar-refractivity contribution in [3.8, 4) is 22.4 Å². The Bertz CT molecular complexity index is 1290. The minimum atomic E-state index is -4.47. The molecule has 6 nitrogen and oxygen atoms in total. The second kappa shape index (κ2) is 10.2. The normalized spacial score (nSPS) is 11.1. The van der Waals surface area contributed by atoms with Gasteiger partial charge in [-0.15, -0.1) is 19.9 Å². The van der Waals surface area contributed by atoms with E-state index >= 15 is 0 Å². The molecule has 1 radical (unpaired) electrons. The van der Waals surface area contributed by atoms with E-state index in [-0.39, 0.29) is 17.1 Å². The first kappa shape index (κ1) is 25.1. The van der Waals surface area contributed by atoms with Crippen LogP contribution in [-0.4, -0.2) is 33.1 Å². The van der Waals surface area contributed by atoms with Gasteiger partial charge >= 0.3 is 12.2 Å². The predicted molar refractivity (Wildman–Crippen MR) is 121 cm³/mol. The van der Waals surface area contributed by atoms with Gasteiger partial charge in [-0.2, -0.15) is 25.2 Å². The van der Waals surface area contributed by atoms with Crippen molar-refractivity contribution >= 4 is 17.4 Å². The molecule has 0 saturated heterocycles. The van der Waals surface area contributed by atoms with Crippen molar-refractivity contribution in [3.63, 3.8) is 0 Å². The molecule has 0 fully saturated rings. The van der Waals surface area contributed by atoms with Gasteiger partial charge in [0, 0.05) is 40.7 Å². The van der Waals surface area contributed by atoms with Crippen LogP contribution in [0.15, 0.2) is 67.1 Å². The van der Waals surface area contributed by atoms with Crippen LogP contribution in [0.25, 0.3) is 28.0 Å². The number of hydrogen-bond acceptors (Lipinski definition) is 3. The summed E-state index contributed by atoms with van der Waals surface area (Å²) in [6.07, 6.45) is 0.962. The Kier molecular flexibility index (Phi) is 7.54. The van der Waals surface area contributed by atoms with Gasteiger partial charge < -0.3 is 10.6 Å². The number of aromatic nitrogens is 3. The Morgan fingerprint density at radius 1 is 1.00 bits per heavy atom. The van der Waals surface area contributed by atoms with Crippen molar-refractivity contribution in [3.05, 3.63) is 78.7 Å². The second-order valence-corrected chi connectivity index (χ2v) is 7.72. The topological polar surface area (TPSA) is 71.3 Å². The van der Waals surface area contributed by atoms with E-state index in [1.54, 1.807) is 29.7 Å². The summed E-state index contributed by atoms with van der Waals surface area (Å²) in [6, 6.07) is 13.8. The van der Waals surface area contributed by atoms with Crippen LogP contribution in [0.4, 0.5) is 23.7 Å². The Hall–Kier alpha value is -3.49. The monoisotopic (exact) mass is 507 g/mol. The zero-order valence-electron chi connectivity index (χ0n) is 18.3. The number of fused-ring (bicyclic) bond motifs is 1. The third-order valence-electron chi connectivity index (χ3n) is 4.99. The molecule has 0 unspecified atom stereocenters. The van der Waals surface area contributed by atoms with Gasteiger partial charge in [-0.3, -0.25) is 9.38 Å². The first-order chi connectivity index (χ1) is 15.7. The fourth-order valence-corrected chi connectivity index (χ4v) is 3.35. The zero-order chi connectivity index (χ0) is 23.6. The van der Waals surface area contributed by atoms with E-state index < -0.39 is 18.8 Å². The predicted octanol–water partition coefficient (Wildman–Crippen LogP) is 5.71. The number of hydrogen-bond donors (Lipinski definition) is 2. The molecular formula is C24H21F3MnN5O-. The molecular weight excluding hydrogens is 486 g/mol. The summed E-state index contributed by atoms with van der Waals surface area (Å²) >= 11 is 0. The van der Waals surface area contributed by atoms with Crippen molar-refractivity contribution in [1.29, 1.82) is 0 Å². The van der Waals surface area contributed by atoms with Gasteiger partial charge in [0.1, 0.15) is 12.2 Å². The summed E-state index contributed by atoms with van der Waals surface area (Å²) in [5.74, 6) is 1.14. The summed E-state index contributed by atoms with van der Waals surface area (Å²) < 4.78 is 38.7. The number of nitrogens with zero attached hydrogens (tertiary/aromatic N) is 3. The van der Waals surface area contributed by atoms with Gasteiger partial charge in [-0.1, -0.05) is 17.8 Å². The third-order valence-corrected chi connectivity index (χ3v) is 4.99. The van der Waals surface area contributed by atoms with Crippen molar-refractivity contribution in [2.45, 2.75) is 20.0 Å². The summed E-state index contributed by atoms with van der Waals surface area (Å²) in [5.41, 5.74) is 5.53. The Morgan fingerprint density at radius 3 is 2.47 bits per heavy atom. The number of rotatable bonds is 5. The van der Waals surface area contributed by atoms with Gasteiger partial charge in [-0.25, -0.2) is 9.78 Å². The van der Waals surface area contributed by atoms with Gasteiger partial charge in [-0.05, 0) is 35.4 Å². The van der Waals surface area contributed by atoms with Crippen molar-refractivity contribution in [1.82, 2.24) is 19.7 Å². The molecule has 4 rings (SSSR count). The maximum Gasteiger partial charge on any atom is 0.405 e. The number of anilines is 1. The summed E-state index contributed by atoms with van der Waals surface area (Å²) in [7, 11) is 0. The molecule has 2 amide bonds. The van der Waals surface area contributed by atoms with Crippen LogP contribution in [0.3, 0.4) is 0 Å². The number of urea groups is 1. The third kappa shape index (κ3) is 5.89. The van der Waals surface area contributed by atoms with Gasteiger partial charge in [0.05, 0.1) is 11.9 Å². The number of nitrogens with one attached hydrogen (secondary N) is 2. The number of halogens is 3. The van der Waals surface area contributed by atoms with E-state index in [0.29, 0.717) is 5.69 Å². The average molecular weight is 507 g/mol. The molecule has 0 saturated carbocycles. The van der Waals surface area contributed by atoms with E-state index in [1.165, 1.54) is 0 Å².